The van der Waals surface area contributed by atoms with E-state index in [1.807, 2.05) is 0 Å². The molecule has 0 radical (unpaired) electrons. The number of nitrogens with one attached hydrogen (secondary N) is 1. The van der Waals surface area contributed by atoms with Crippen LogP contribution >= 0.6 is 23.1 Å². The number of thiazole rings is 1. The molecule has 2 aliphatic heterocycles. The van der Waals surface area contributed by atoms with E-state index in [0.717, 1.165) is 25.7 Å². The number of rotatable bonds is 11. The van der Waals surface area contributed by atoms with E-state index in [-0.39, 0.29) is 40.1 Å². The van der Waals surface area contributed by atoms with E-state index in [1.54, 1.807) is 5.38 Å². The van der Waals surface area contributed by atoms with Crippen molar-refractivity contribution < 1.29 is 24.3 Å². The lowest BCUT2D eigenvalue weighted by Gasteiger charge is -2.53. The summed E-state index contributed by atoms with van der Waals surface area (Å²) in [5, 5.41) is 17.7. The number of oxime groups is 1. The smallest absolute Gasteiger partial charge is 0.316 e. The number of carboxylic acids is 1. The SMILES string of the molecule is C=CC1(C(=O)O)CS[C@@H]2C(NC(=O)C(=NOCCCCCC)c3csc(N)n3)C(=O)N2C1. The highest BCUT2D eigenvalue weighted by Crippen LogP contribution is 2.42. The van der Waals surface area contributed by atoms with Gasteiger partial charge in [0.2, 0.25) is 5.91 Å². The quantitative estimate of drug-likeness (QED) is 0.142. The number of unbranched alkanes of at least 4 members (excludes halogenated alkanes) is 3. The van der Waals surface area contributed by atoms with Gasteiger partial charge >= 0.3 is 5.97 Å². The van der Waals surface area contributed by atoms with Crippen molar-refractivity contribution in [2.24, 2.45) is 10.6 Å². The largest absolute Gasteiger partial charge is 0.481 e. The Balaban J connectivity index is 1.66. The highest BCUT2D eigenvalue weighted by Gasteiger charge is 2.56. The van der Waals surface area contributed by atoms with Gasteiger partial charge in [-0.15, -0.1) is 29.7 Å². The molecule has 3 rings (SSSR count). The summed E-state index contributed by atoms with van der Waals surface area (Å²) < 4.78 is 0. The van der Waals surface area contributed by atoms with Gasteiger partial charge in [0.25, 0.3) is 5.91 Å². The molecule has 0 saturated carbocycles. The number of carbonyl (C=O) groups excluding carboxylic acids is 2. The van der Waals surface area contributed by atoms with Crippen LogP contribution in [0.5, 0.6) is 0 Å². The summed E-state index contributed by atoms with van der Waals surface area (Å²) in [7, 11) is 0. The molecule has 0 spiro atoms. The minimum atomic E-state index is -1.19. The average Bonchev–Trinajstić information content (AvgIpc) is 3.21. The van der Waals surface area contributed by atoms with Crippen LogP contribution in [0.25, 0.3) is 0 Å². The van der Waals surface area contributed by atoms with Crippen LogP contribution < -0.4 is 11.1 Å². The number of thioether (sulfide) groups is 1. The van der Waals surface area contributed by atoms with E-state index in [0.29, 0.717) is 6.61 Å². The van der Waals surface area contributed by atoms with Gasteiger partial charge in [0, 0.05) is 17.7 Å². The molecule has 0 bridgehead atoms. The number of anilines is 1. The van der Waals surface area contributed by atoms with E-state index in [4.69, 9.17) is 10.6 Å². The van der Waals surface area contributed by atoms with Crippen LogP contribution in [0.1, 0.15) is 38.3 Å². The van der Waals surface area contributed by atoms with Crippen molar-refractivity contribution in [3.8, 4) is 0 Å². The topological polar surface area (TPSA) is 147 Å². The summed E-state index contributed by atoms with van der Waals surface area (Å²) in [4.78, 5) is 48.1. The molecule has 2 aliphatic rings. The number of nitrogen functional groups attached to an aromatic ring is 1. The zero-order valence-corrected chi connectivity index (χ0v) is 19.4. The number of nitrogens with two attached hydrogens (primary N) is 1. The van der Waals surface area contributed by atoms with Crippen molar-refractivity contribution in [2.75, 3.05) is 24.6 Å². The van der Waals surface area contributed by atoms with Crippen LogP contribution in [0.3, 0.4) is 0 Å². The van der Waals surface area contributed by atoms with E-state index >= 15 is 0 Å². The lowest BCUT2D eigenvalue weighted by atomic mass is 9.87. The summed E-state index contributed by atoms with van der Waals surface area (Å²) in [5.74, 6) is -1.70. The molecule has 174 valence electrons. The molecule has 1 aromatic rings. The van der Waals surface area contributed by atoms with Gasteiger partial charge in [0.05, 0.1) is 0 Å². The van der Waals surface area contributed by atoms with E-state index in [9.17, 15) is 19.5 Å². The normalized spacial score (nSPS) is 25.0. The number of carbonyl (C=O) groups is 3. The predicted molar refractivity (Wildman–Crippen MR) is 123 cm³/mol. The fourth-order valence-electron chi connectivity index (χ4n) is 3.45. The molecule has 0 aromatic carbocycles. The molecule has 3 heterocycles. The Bertz CT molecular complexity index is 920. The van der Waals surface area contributed by atoms with Crippen LogP contribution in [0.2, 0.25) is 0 Å². The Morgan fingerprint density at radius 1 is 1.50 bits per heavy atom. The first-order valence-corrected chi connectivity index (χ1v) is 12.3. The van der Waals surface area contributed by atoms with Gasteiger partial charge in [-0.25, -0.2) is 4.98 Å². The van der Waals surface area contributed by atoms with Crippen molar-refractivity contribution in [1.82, 2.24) is 15.2 Å². The first kappa shape index (κ1) is 24.1. The van der Waals surface area contributed by atoms with Crippen LogP contribution in [0.4, 0.5) is 5.13 Å². The number of amides is 2. The summed E-state index contributed by atoms with van der Waals surface area (Å²) in [6, 6.07) is -0.783. The van der Waals surface area contributed by atoms with Gasteiger partial charge in [-0.05, 0) is 12.8 Å². The number of aliphatic carboxylic acids is 1. The van der Waals surface area contributed by atoms with Gasteiger partial charge in [-0.1, -0.05) is 31.0 Å². The molecule has 2 amide bonds. The highest BCUT2D eigenvalue weighted by atomic mass is 32.2. The minimum Gasteiger partial charge on any atom is -0.481 e. The van der Waals surface area contributed by atoms with E-state index in [1.165, 1.54) is 34.1 Å². The first-order valence-electron chi connectivity index (χ1n) is 10.3. The second kappa shape index (κ2) is 10.3. The lowest BCUT2D eigenvalue weighted by Crippen LogP contribution is -2.73. The second-order valence-corrected chi connectivity index (χ2v) is 9.68. The zero-order chi connectivity index (χ0) is 23.3. The van der Waals surface area contributed by atoms with Crippen molar-refractivity contribution in [2.45, 2.75) is 44.0 Å². The van der Waals surface area contributed by atoms with Crippen LogP contribution in [-0.2, 0) is 19.2 Å². The number of nitrogens with zero attached hydrogens (tertiary/aromatic N) is 3. The Morgan fingerprint density at radius 3 is 2.91 bits per heavy atom. The molecule has 32 heavy (non-hydrogen) atoms. The van der Waals surface area contributed by atoms with Gasteiger partial charge in [-0.2, -0.15) is 0 Å². The Labute approximate surface area is 194 Å². The zero-order valence-electron chi connectivity index (χ0n) is 17.8. The van der Waals surface area contributed by atoms with Crippen molar-refractivity contribution in [1.29, 1.82) is 0 Å². The van der Waals surface area contributed by atoms with Crippen molar-refractivity contribution in [3.63, 3.8) is 0 Å². The minimum absolute atomic E-state index is 0.0269. The summed E-state index contributed by atoms with van der Waals surface area (Å²) in [5.41, 5.74) is 4.73. The van der Waals surface area contributed by atoms with Crippen LogP contribution in [0, 0.1) is 5.41 Å². The van der Waals surface area contributed by atoms with Gasteiger partial charge in [0.15, 0.2) is 10.8 Å². The predicted octanol–water partition coefficient (Wildman–Crippen LogP) is 1.68. The number of aromatic nitrogens is 1. The number of hydrogen-bond acceptors (Lipinski definition) is 9. The molecular weight excluding hydrogens is 454 g/mol. The number of carboxylic acid groups (broad SMARTS) is 1. The fraction of sp³-hybridized carbons (Fsp3) is 0.550. The number of β-lactam (4-membered cyclic amide) rings is 1. The van der Waals surface area contributed by atoms with E-state index in [2.05, 4.69) is 29.0 Å². The third kappa shape index (κ3) is 4.90. The standard InChI is InChI=1S/C20H27N5O5S2/c1-3-5-6-7-8-30-24-13(12-9-31-19(21)22-12)15(26)23-14-16(27)25-10-20(4-2,18(28)29)11-32-17(14)25/h4,9,14,17H,2-3,5-8,10-11H2,1H3,(H2,21,22)(H,23,26)(H,28,29)/t14?,17-,20?/m1/s1. The third-order valence-electron chi connectivity index (χ3n) is 5.43. The highest BCUT2D eigenvalue weighted by molar-refractivity contribution is 8.00. The Morgan fingerprint density at radius 2 is 2.28 bits per heavy atom. The summed E-state index contributed by atoms with van der Waals surface area (Å²) >= 11 is 2.47. The summed E-state index contributed by atoms with van der Waals surface area (Å²) in [6.07, 6.45) is 5.38. The molecule has 0 aliphatic carbocycles. The molecule has 2 unspecified atom stereocenters. The second-order valence-electron chi connectivity index (χ2n) is 7.69. The van der Waals surface area contributed by atoms with E-state index < -0.39 is 23.3 Å². The maximum Gasteiger partial charge on any atom is 0.316 e. The number of hydrogen-bond donors (Lipinski definition) is 3. The van der Waals surface area contributed by atoms with Crippen LogP contribution in [-0.4, -0.2) is 68.8 Å². The molecule has 3 atom stereocenters. The maximum atomic E-state index is 12.9. The monoisotopic (exact) mass is 481 g/mol. The number of fused-ring (bicyclic) bond motifs is 1. The van der Waals surface area contributed by atoms with Crippen molar-refractivity contribution >= 4 is 51.7 Å². The Kier molecular flexibility index (Phi) is 7.77. The molecular formula is C20H27N5O5S2. The average molecular weight is 482 g/mol. The molecule has 2 fully saturated rings. The molecule has 1 aromatic heterocycles. The van der Waals surface area contributed by atoms with Gasteiger partial charge < -0.3 is 25.9 Å². The lowest BCUT2D eigenvalue weighted by molar-refractivity contribution is -0.156. The molecule has 2 saturated heterocycles. The molecule has 12 heteroatoms. The molecule has 10 nitrogen and oxygen atoms in total. The maximum absolute atomic E-state index is 12.9. The Hall–Kier alpha value is -2.60. The fourth-order valence-corrected chi connectivity index (χ4v) is 5.53. The first-order chi connectivity index (χ1) is 15.3. The van der Waals surface area contributed by atoms with Crippen molar-refractivity contribution in [3.05, 3.63) is 23.7 Å². The third-order valence-corrected chi connectivity index (χ3v) is 7.66. The van der Waals surface area contributed by atoms with Gasteiger partial charge in [0.1, 0.15) is 29.1 Å². The van der Waals surface area contributed by atoms with Crippen LogP contribution in [0.15, 0.2) is 23.2 Å². The summed E-state index contributed by atoms with van der Waals surface area (Å²) in [6.45, 7) is 6.12. The molecule has 4 N–H and O–H groups in total. The van der Waals surface area contributed by atoms with Gasteiger partial charge in [-0.3, -0.25) is 14.4 Å².